The summed E-state index contributed by atoms with van der Waals surface area (Å²) in [4.78, 5) is 0.0796. The first-order chi connectivity index (χ1) is 9.62. The zero-order valence-electron chi connectivity index (χ0n) is 12.2. The Hall–Kier alpha value is -1.42. The highest BCUT2D eigenvalue weighted by Crippen LogP contribution is 2.40. The van der Waals surface area contributed by atoms with Crippen LogP contribution in [0.1, 0.15) is 34.2 Å². The van der Waals surface area contributed by atoms with Gasteiger partial charge in [-0.15, -0.1) is 0 Å². The topological polar surface area (TPSA) is 31.6 Å². The van der Waals surface area contributed by atoms with E-state index in [1.165, 1.54) is 0 Å². The molecule has 0 saturated heterocycles. The summed E-state index contributed by atoms with van der Waals surface area (Å²) in [6, 6.07) is 6.02. The normalized spacial score (nSPS) is 12.2. The molecule has 0 N–H and O–H groups in total. The van der Waals surface area contributed by atoms with Crippen molar-refractivity contribution in [2.45, 2.75) is 25.1 Å². The van der Waals surface area contributed by atoms with E-state index in [0.717, 1.165) is 40.4 Å². The van der Waals surface area contributed by atoms with Gasteiger partial charge >= 0.3 is 0 Å². The molecule has 0 aliphatic heterocycles. The molecule has 4 heteroatoms. The van der Waals surface area contributed by atoms with Gasteiger partial charge in [-0.2, -0.15) is 0 Å². The lowest BCUT2D eigenvalue weighted by atomic mass is 9.99. The molecule has 1 unspecified atom stereocenters. The molecule has 0 bridgehead atoms. The predicted molar refractivity (Wildman–Crippen MR) is 83.1 cm³/mol. The summed E-state index contributed by atoms with van der Waals surface area (Å²) in [7, 11) is 3.30. The highest BCUT2D eigenvalue weighted by molar-refractivity contribution is 9.09. The van der Waals surface area contributed by atoms with Gasteiger partial charge in [0.2, 0.25) is 0 Å². The number of halogens is 1. The minimum atomic E-state index is 0.0796. The first kappa shape index (κ1) is 15.0. The molecule has 1 aromatic heterocycles. The van der Waals surface area contributed by atoms with Crippen molar-refractivity contribution in [3.8, 4) is 11.5 Å². The van der Waals surface area contributed by atoms with Crippen molar-refractivity contribution < 1.29 is 13.9 Å². The number of rotatable bonds is 5. The Morgan fingerprint density at radius 1 is 1.15 bits per heavy atom. The molecular formula is C16H19BrO3. The minimum Gasteiger partial charge on any atom is -0.493 e. The summed E-state index contributed by atoms with van der Waals surface area (Å²) in [5.74, 6) is 2.48. The molecule has 1 aromatic carbocycles. The number of hydrogen-bond donors (Lipinski definition) is 0. The summed E-state index contributed by atoms with van der Waals surface area (Å²) in [6.07, 6.45) is 2.61. The first-order valence-electron chi connectivity index (χ1n) is 6.55. The van der Waals surface area contributed by atoms with E-state index in [1.807, 2.05) is 18.2 Å². The molecule has 3 nitrogen and oxygen atoms in total. The first-order valence-corrected chi connectivity index (χ1v) is 7.46. The number of alkyl halides is 1. The second-order valence-electron chi connectivity index (χ2n) is 4.58. The second-order valence-corrected chi connectivity index (χ2v) is 5.49. The Morgan fingerprint density at radius 2 is 1.80 bits per heavy atom. The lowest BCUT2D eigenvalue weighted by molar-refractivity contribution is 0.354. The maximum atomic E-state index is 5.51. The van der Waals surface area contributed by atoms with Gasteiger partial charge < -0.3 is 13.9 Å². The van der Waals surface area contributed by atoms with Crippen molar-refractivity contribution >= 4 is 15.9 Å². The van der Waals surface area contributed by atoms with Gasteiger partial charge in [-0.3, -0.25) is 0 Å². The van der Waals surface area contributed by atoms with Crippen LogP contribution >= 0.6 is 15.9 Å². The number of benzene rings is 1. The van der Waals surface area contributed by atoms with E-state index in [0.29, 0.717) is 0 Å². The molecule has 0 aliphatic carbocycles. The number of furan rings is 1. The molecule has 0 saturated carbocycles. The van der Waals surface area contributed by atoms with Crippen LogP contribution in [0.4, 0.5) is 0 Å². The van der Waals surface area contributed by atoms with Crippen molar-refractivity contribution in [2.75, 3.05) is 14.2 Å². The molecule has 0 amide bonds. The lowest BCUT2D eigenvalue weighted by Crippen LogP contribution is -2.00. The summed E-state index contributed by atoms with van der Waals surface area (Å²) >= 11 is 3.77. The van der Waals surface area contributed by atoms with E-state index >= 15 is 0 Å². The molecule has 20 heavy (non-hydrogen) atoms. The highest BCUT2D eigenvalue weighted by atomic mass is 79.9. The molecular weight excluding hydrogens is 320 g/mol. The van der Waals surface area contributed by atoms with Gasteiger partial charge in [-0.05, 0) is 36.2 Å². The monoisotopic (exact) mass is 338 g/mol. The maximum Gasteiger partial charge on any atom is 0.161 e. The smallest absolute Gasteiger partial charge is 0.161 e. The number of methoxy groups -OCH3 is 2. The van der Waals surface area contributed by atoms with E-state index < -0.39 is 0 Å². The van der Waals surface area contributed by atoms with E-state index in [9.17, 15) is 0 Å². The fourth-order valence-corrected chi connectivity index (χ4v) is 3.20. The average molecular weight is 339 g/mol. The highest BCUT2D eigenvalue weighted by Gasteiger charge is 2.20. The molecule has 0 spiro atoms. The molecule has 0 radical (unpaired) electrons. The van der Waals surface area contributed by atoms with Crippen LogP contribution < -0.4 is 9.47 Å². The zero-order valence-corrected chi connectivity index (χ0v) is 13.8. The maximum absolute atomic E-state index is 5.51. The SMILES string of the molecule is CCc1occc1C(Br)c1cc(OC)c(OC)cc1C. The predicted octanol–water partition coefficient (Wildman–Crippen LogP) is 4.65. The van der Waals surface area contributed by atoms with Gasteiger partial charge in [0.25, 0.3) is 0 Å². The van der Waals surface area contributed by atoms with E-state index in [2.05, 4.69) is 29.8 Å². The second kappa shape index (κ2) is 6.35. The Morgan fingerprint density at radius 3 is 2.40 bits per heavy atom. The Kier molecular flexibility index (Phi) is 4.76. The molecule has 108 valence electrons. The molecule has 1 atom stereocenters. The average Bonchev–Trinajstić information content (AvgIpc) is 2.94. The van der Waals surface area contributed by atoms with Crippen LogP contribution in [0.3, 0.4) is 0 Å². The summed E-state index contributed by atoms with van der Waals surface area (Å²) in [6.45, 7) is 4.15. The van der Waals surface area contributed by atoms with Gasteiger partial charge in [0.1, 0.15) is 5.76 Å². The van der Waals surface area contributed by atoms with E-state index in [4.69, 9.17) is 13.9 Å². The molecule has 0 aliphatic rings. The summed E-state index contributed by atoms with van der Waals surface area (Å²) in [5, 5.41) is 0. The van der Waals surface area contributed by atoms with Crippen molar-refractivity contribution in [1.82, 2.24) is 0 Å². The van der Waals surface area contributed by atoms with Crippen molar-refractivity contribution in [3.63, 3.8) is 0 Å². The van der Waals surface area contributed by atoms with Crippen molar-refractivity contribution in [1.29, 1.82) is 0 Å². The third-order valence-corrected chi connectivity index (χ3v) is 4.41. The van der Waals surface area contributed by atoms with Crippen LogP contribution in [0.15, 0.2) is 28.9 Å². The molecule has 2 rings (SSSR count). The van der Waals surface area contributed by atoms with Gasteiger partial charge in [0.15, 0.2) is 11.5 Å². The Balaban J connectivity index is 2.46. The number of ether oxygens (including phenoxy) is 2. The minimum absolute atomic E-state index is 0.0796. The van der Waals surface area contributed by atoms with Crippen LogP contribution in [0.2, 0.25) is 0 Å². The summed E-state index contributed by atoms with van der Waals surface area (Å²) < 4.78 is 16.2. The van der Waals surface area contributed by atoms with Gasteiger partial charge in [0, 0.05) is 12.0 Å². The molecule has 0 fully saturated rings. The van der Waals surface area contributed by atoms with Crippen LogP contribution in [0.25, 0.3) is 0 Å². The van der Waals surface area contributed by atoms with Crippen LogP contribution in [0.5, 0.6) is 11.5 Å². The number of aryl methyl sites for hydroxylation is 2. The van der Waals surface area contributed by atoms with Crippen LogP contribution in [0, 0.1) is 6.92 Å². The van der Waals surface area contributed by atoms with Gasteiger partial charge in [-0.1, -0.05) is 22.9 Å². The van der Waals surface area contributed by atoms with Gasteiger partial charge in [0.05, 0.1) is 25.3 Å². The largest absolute Gasteiger partial charge is 0.493 e. The quantitative estimate of drug-likeness (QED) is 0.743. The van der Waals surface area contributed by atoms with Crippen LogP contribution in [-0.4, -0.2) is 14.2 Å². The number of hydrogen-bond acceptors (Lipinski definition) is 3. The fourth-order valence-electron chi connectivity index (χ4n) is 2.30. The van der Waals surface area contributed by atoms with Crippen molar-refractivity contribution in [2.24, 2.45) is 0 Å². The Labute approximate surface area is 128 Å². The standard InChI is InChI=1S/C16H19BrO3/c1-5-13-11(6-7-20-13)16(17)12-9-15(19-4)14(18-3)8-10(12)2/h6-9,16H,5H2,1-4H3. The fraction of sp³-hybridized carbons (Fsp3) is 0.375. The van der Waals surface area contributed by atoms with Gasteiger partial charge in [-0.25, -0.2) is 0 Å². The van der Waals surface area contributed by atoms with Crippen LogP contribution in [-0.2, 0) is 6.42 Å². The zero-order chi connectivity index (χ0) is 14.7. The Bertz CT molecular complexity index is 589. The molecule has 1 heterocycles. The third kappa shape index (κ3) is 2.70. The summed E-state index contributed by atoms with van der Waals surface area (Å²) in [5.41, 5.74) is 3.45. The van der Waals surface area contributed by atoms with Crippen molar-refractivity contribution in [3.05, 3.63) is 46.9 Å². The van der Waals surface area contributed by atoms with E-state index in [-0.39, 0.29) is 4.83 Å². The lowest BCUT2D eigenvalue weighted by Gasteiger charge is -2.17. The third-order valence-electron chi connectivity index (χ3n) is 3.42. The van der Waals surface area contributed by atoms with E-state index in [1.54, 1.807) is 20.5 Å². The molecule has 2 aromatic rings.